The molecule has 6 aromatic heterocycles. The highest BCUT2D eigenvalue weighted by Gasteiger charge is 2.20. The molecule has 0 aliphatic carbocycles. The predicted molar refractivity (Wildman–Crippen MR) is 221 cm³/mol. The van der Waals surface area contributed by atoms with E-state index in [4.69, 9.17) is 4.74 Å². The lowest BCUT2D eigenvalue weighted by Crippen LogP contribution is -2.20. The number of methoxy groups -OCH3 is 1. The van der Waals surface area contributed by atoms with Gasteiger partial charge in [-0.05, 0) is 83.9 Å². The number of fused-ring (bicyclic) bond motifs is 6. The number of H-pyrrole nitrogens is 2. The average Bonchev–Trinajstić information content (AvgIpc) is 3.88. The quantitative estimate of drug-likeness (QED) is 0.152. The minimum absolute atomic E-state index is 0.142. The van der Waals surface area contributed by atoms with Crippen LogP contribution in [0, 0.1) is 0 Å². The Balaban J connectivity index is 0.000000148. The third-order valence-electron chi connectivity index (χ3n) is 9.91. The molecule has 12 nitrogen and oxygen atoms in total. The van der Waals surface area contributed by atoms with Crippen molar-refractivity contribution in [3.63, 3.8) is 0 Å². The van der Waals surface area contributed by atoms with Gasteiger partial charge < -0.3 is 9.84 Å². The fourth-order valence-corrected chi connectivity index (χ4v) is 7.21. The summed E-state index contributed by atoms with van der Waals surface area (Å²) in [5, 5.41) is 27.4. The Bertz CT molecular complexity index is 3150. The largest absolute Gasteiger partial charge is 0.508 e. The van der Waals surface area contributed by atoms with Crippen LogP contribution in [0.2, 0.25) is 0 Å². The molecule has 12 heteroatoms. The van der Waals surface area contributed by atoms with E-state index in [9.17, 15) is 14.7 Å². The number of aromatic nitrogens is 8. The topological polar surface area (TPSA) is 157 Å². The van der Waals surface area contributed by atoms with E-state index in [0.717, 1.165) is 44.7 Å². The Hall–Kier alpha value is -7.86. The van der Waals surface area contributed by atoms with Crippen LogP contribution < -0.4 is 15.9 Å². The first kappa shape index (κ1) is 34.9. The maximum absolute atomic E-state index is 13.6. The molecule has 0 fully saturated rings. The monoisotopic (exact) mass is 750 g/mol. The van der Waals surface area contributed by atoms with E-state index >= 15 is 0 Å². The second-order valence-electron chi connectivity index (χ2n) is 13.4. The molecule has 0 unspecified atom stereocenters. The number of rotatable bonds is 7. The molecule has 278 valence electrons. The number of phenolic OH excluding ortho intramolecular Hbond substituents is 1. The molecule has 0 spiro atoms. The summed E-state index contributed by atoms with van der Waals surface area (Å²) in [6, 6.07) is 41.4. The minimum Gasteiger partial charge on any atom is -0.508 e. The fourth-order valence-electron chi connectivity index (χ4n) is 7.21. The first-order chi connectivity index (χ1) is 28.0. The molecule has 0 aliphatic heterocycles. The van der Waals surface area contributed by atoms with Crippen LogP contribution in [-0.4, -0.2) is 51.7 Å². The first-order valence-electron chi connectivity index (χ1n) is 18.2. The Morgan fingerprint density at radius 3 is 1.44 bits per heavy atom. The van der Waals surface area contributed by atoms with Gasteiger partial charge in [-0.3, -0.25) is 28.9 Å². The van der Waals surface area contributed by atoms with Crippen LogP contribution in [0.15, 0.2) is 155 Å². The van der Waals surface area contributed by atoms with E-state index in [-0.39, 0.29) is 16.9 Å². The van der Waals surface area contributed by atoms with Crippen molar-refractivity contribution in [3.8, 4) is 22.9 Å². The maximum atomic E-state index is 13.6. The van der Waals surface area contributed by atoms with Crippen molar-refractivity contribution in [2.45, 2.75) is 12.8 Å². The van der Waals surface area contributed by atoms with Crippen molar-refractivity contribution >= 4 is 43.9 Å². The zero-order valence-electron chi connectivity index (χ0n) is 30.6. The normalized spacial score (nSPS) is 11.2. The van der Waals surface area contributed by atoms with Gasteiger partial charge in [0.2, 0.25) is 0 Å². The standard InChI is InChI=1S/C23H18N4O2.C22H16N4O2/c1-29-17-11-9-16(10-12-17)27-22-18(8-5-13-24-22)21-20(23(27)28)19(25-26-21)14-15-6-3-2-4-7-15;27-16-10-8-15(9-11-16)26-21-17(7-4-12-23-21)20-19(22(26)28)18(24-25-20)13-14-5-2-1-3-6-14/h2-13H,14H2,1H3,(H,25,26);1-12,27H,13H2,(H,24,25). The van der Waals surface area contributed by atoms with Crippen molar-refractivity contribution in [1.82, 2.24) is 39.5 Å². The van der Waals surface area contributed by atoms with Crippen LogP contribution in [0.3, 0.4) is 0 Å². The van der Waals surface area contributed by atoms with Gasteiger partial charge in [0.05, 0.1) is 40.6 Å². The molecule has 10 rings (SSSR count). The summed E-state index contributed by atoms with van der Waals surface area (Å²) in [6.45, 7) is 0. The third-order valence-corrected chi connectivity index (χ3v) is 9.91. The van der Waals surface area contributed by atoms with Gasteiger partial charge in [0.15, 0.2) is 0 Å². The van der Waals surface area contributed by atoms with E-state index in [1.54, 1.807) is 52.9 Å². The van der Waals surface area contributed by atoms with E-state index in [1.165, 1.54) is 0 Å². The summed E-state index contributed by atoms with van der Waals surface area (Å²) < 4.78 is 8.46. The molecule has 0 aliphatic rings. The van der Waals surface area contributed by atoms with Gasteiger partial charge in [-0.1, -0.05) is 60.7 Å². The van der Waals surface area contributed by atoms with Gasteiger partial charge in [-0.2, -0.15) is 10.2 Å². The lowest BCUT2D eigenvalue weighted by Gasteiger charge is -2.11. The Morgan fingerprint density at radius 2 is 1.00 bits per heavy atom. The van der Waals surface area contributed by atoms with Crippen LogP contribution in [0.25, 0.3) is 55.2 Å². The van der Waals surface area contributed by atoms with Crippen molar-refractivity contribution in [2.24, 2.45) is 0 Å². The Kier molecular flexibility index (Phi) is 9.03. The number of hydrogen-bond donors (Lipinski definition) is 3. The molecule has 10 aromatic rings. The SMILES string of the molecule is COc1ccc(-n2c(=O)c3c(Cc4ccccc4)[nH]nc3c3cccnc32)cc1.O=c1c2c(Cc3ccccc3)[nH]nc2c2cccnc2n1-c1ccc(O)cc1. The number of aromatic hydroxyl groups is 1. The number of ether oxygens (including phenoxy) is 1. The molecule has 0 saturated heterocycles. The number of phenols is 1. The van der Waals surface area contributed by atoms with E-state index < -0.39 is 0 Å². The first-order valence-corrected chi connectivity index (χ1v) is 18.2. The van der Waals surface area contributed by atoms with Crippen molar-refractivity contribution < 1.29 is 9.84 Å². The highest BCUT2D eigenvalue weighted by atomic mass is 16.5. The van der Waals surface area contributed by atoms with Crippen LogP contribution in [0.1, 0.15) is 22.5 Å². The summed E-state index contributed by atoms with van der Waals surface area (Å²) in [5.74, 6) is 0.872. The Morgan fingerprint density at radius 1 is 0.561 bits per heavy atom. The molecule has 6 heterocycles. The molecule has 0 radical (unpaired) electrons. The number of hydrogen-bond acceptors (Lipinski definition) is 8. The summed E-state index contributed by atoms with van der Waals surface area (Å²) >= 11 is 0. The van der Waals surface area contributed by atoms with Gasteiger partial charge in [-0.15, -0.1) is 0 Å². The Labute approximate surface area is 324 Å². The average molecular weight is 751 g/mol. The number of nitrogens with one attached hydrogen (secondary N) is 2. The molecule has 57 heavy (non-hydrogen) atoms. The van der Waals surface area contributed by atoms with Crippen LogP contribution in [0.5, 0.6) is 11.5 Å². The molecule has 0 atom stereocenters. The highest BCUT2D eigenvalue weighted by molar-refractivity contribution is 6.04. The zero-order chi connectivity index (χ0) is 38.9. The molecule has 0 amide bonds. The van der Waals surface area contributed by atoms with Crippen molar-refractivity contribution in [1.29, 1.82) is 0 Å². The van der Waals surface area contributed by atoms with E-state index in [1.807, 2.05) is 109 Å². The molecular weight excluding hydrogens is 717 g/mol. The van der Waals surface area contributed by atoms with E-state index in [2.05, 4.69) is 30.4 Å². The fraction of sp³-hybridized carbons (Fsp3) is 0.0667. The number of benzene rings is 4. The van der Waals surface area contributed by atoms with E-state index in [0.29, 0.717) is 51.6 Å². The highest BCUT2D eigenvalue weighted by Crippen LogP contribution is 2.27. The third kappa shape index (κ3) is 6.44. The number of aromatic amines is 2. The summed E-state index contributed by atoms with van der Waals surface area (Å²) in [5.41, 5.74) is 7.18. The summed E-state index contributed by atoms with van der Waals surface area (Å²) in [6.07, 6.45) is 4.52. The molecule has 0 saturated carbocycles. The number of nitrogens with zero attached hydrogens (tertiary/aromatic N) is 6. The van der Waals surface area contributed by atoms with Gasteiger partial charge in [-0.25, -0.2) is 9.97 Å². The summed E-state index contributed by atoms with van der Waals surface area (Å²) in [4.78, 5) is 36.0. The molecule has 0 bridgehead atoms. The minimum atomic E-state index is -0.188. The maximum Gasteiger partial charge on any atom is 0.268 e. The molecular formula is C45H34N8O4. The van der Waals surface area contributed by atoms with Gasteiger partial charge in [0.25, 0.3) is 11.1 Å². The lowest BCUT2D eigenvalue weighted by molar-refractivity contribution is 0.414. The molecule has 4 aromatic carbocycles. The van der Waals surface area contributed by atoms with Crippen LogP contribution in [-0.2, 0) is 12.8 Å². The van der Waals surface area contributed by atoms with Gasteiger partial charge >= 0.3 is 0 Å². The van der Waals surface area contributed by atoms with Gasteiger partial charge in [0, 0.05) is 36.0 Å². The second-order valence-corrected chi connectivity index (χ2v) is 13.4. The molecule has 3 N–H and O–H groups in total. The lowest BCUT2D eigenvalue weighted by atomic mass is 10.1. The number of pyridine rings is 4. The smallest absolute Gasteiger partial charge is 0.268 e. The van der Waals surface area contributed by atoms with Crippen LogP contribution in [0.4, 0.5) is 0 Å². The zero-order valence-corrected chi connectivity index (χ0v) is 30.6. The van der Waals surface area contributed by atoms with Crippen molar-refractivity contribution in [3.05, 3.63) is 189 Å². The summed E-state index contributed by atoms with van der Waals surface area (Å²) in [7, 11) is 1.62. The van der Waals surface area contributed by atoms with Crippen molar-refractivity contribution in [2.75, 3.05) is 7.11 Å². The van der Waals surface area contributed by atoms with Gasteiger partial charge in [0.1, 0.15) is 33.8 Å². The van der Waals surface area contributed by atoms with Crippen LogP contribution >= 0.6 is 0 Å². The second kappa shape index (κ2) is 14.8. The predicted octanol–water partition coefficient (Wildman–Crippen LogP) is 7.42.